The second-order valence-electron chi connectivity index (χ2n) is 5.91. The van der Waals surface area contributed by atoms with Crippen molar-refractivity contribution in [1.29, 1.82) is 0 Å². The molecule has 4 aromatic rings. The molecule has 0 fully saturated rings. The molecule has 0 aliphatic heterocycles. The van der Waals surface area contributed by atoms with Crippen LogP contribution in [0.2, 0.25) is 10.0 Å². The molecule has 4 rings (SSSR count). The number of aromatic nitrogens is 2. The Morgan fingerprint density at radius 2 is 1.81 bits per heavy atom. The van der Waals surface area contributed by atoms with Crippen molar-refractivity contribution in [3.63, 3.8) is 0 Å². The summed E-state index contributed by atoms with van der Waals surface area (Å²) >= 11 is 12.0. The maximum absolute atomic E-state index is 12.6. The van der Waals surface area contributed by atoms with Gasteiger partial charge in [-0.05, 0) is 43.3 Å². The summed E-state index contributed by atoms with van der Waals surface area (Å²) in [4.78, 5) is 21.4. The average molecular weight is 398 g/mol. The third kappa shape index (κ3) is 3.52. The zero-order chi connectivity index (χ0) is 19.0. The van der Waals surface area contributed by atoms with E-state index in [1.165, 1.54) is 6.07 Å². The molecule has 1 N–H and O–H groups in total. The van der Waals surface area contributed by atoms with Crippen LogP contribution < -0.4 is 5.32 Å². The Kier molecular flexibility index (Phi) is 4.56. The lowest BCUT2D eigenvalue weighted by Gasteiger charge is -2.08. The SMILES string of the molecule is Cc1nc2oc(-c3ccccc3)nc2cc1NC(=O)c1ccc(Cl)cc1Cl. The number of anilines is 1. The zero-order valence-electron chi connectivity index (χ0n) is 14.2. The first kappa shape index (κ1) is 17.5. The molecule has 134 valence electrons. The van der Waals surface area contributed by atoms with Crippen molar-refractivity contribution in [1.82, 2.24) is 9.97 Å². The van der Waals surface area contributed by atoms with E-state index in [-0.39, 0.29) is 10.9 Å². The Labute approximate surface area is 165 Å². The van der Waals surface area contributed by atoms with E-state index in [0.29, 0.717) is 39.1 Å². The fourth-order valence-electron chi connectivity index (χ4n) is 2.65. The first-order chi connectivity index (χ1) is 13.0. The Morgan fingerprint density at radius 1 is 1.04 bits per heavy atom. The largest absolute Gasteiger partial charge is 0.418 e. The monoisotopic (exact) mass is 397 g/mol. The molecule has 0 bridgehead atoms. The third-order valence-electron chi connectivity index (χ3n) is 4.02. The van der Waals surface area contributed by atoms with Crippen molar-refractivity contribution >= 4 is 46.0 Å². The van der Waals surface area contributed by atoms with Gasteiger partial charge in [-0.1, -0.05) is 41.4 Å². The molecule has 1 amide bonds. The van der Waals surface area contributed by atoms with Gasteiger partial charge in [-0.15, -0.1) is 0 Å². The first-order valence-electron chi connectivity index (χ1n) is 8.11. The van der Waals surface area contributed by atoms with Gasteiger partial charge in [0.1, 0.15) is 5.52 Å². The number of hydrogen-bond acceptors (Lipinski definition) is 4. The van der Waals surface area contributed by atoms with E-state index in [2.05, 4.69) is 15.3 Å². The van der Waals surface area contributed by atoms with Gasteiger partial charge in [-0.25, -0.2) is 9.97 Å². The molecule has 0 aliphatic carbocycles. The summed E-state index contributed by atoms with van der Waals surface area (Å²) in [6.45, 7) is 1.78. The molecule has 0 spiro atoms. The summed E-state index contributed by atoms with van der Waals surface area (Å²) in [5.41, 5.74) is 3.28. The molecule has 7 heteroatoms. The minimum absolute atomic E-state index is 0.277. The van der Waals surface area contributed by atoms with E-state index in [9.17, 15) is 4.79 Å². The fraction of sp³-hybridized carbons (Fsp3) is 0.0500. The van der Waals surface area contributed by atoms with Crippen molar-refractivity contribution in [2.45, 2.75) is 6.92 Å². The Morgan fingerprint density at radius 3 is 2.56 bits per heavy atom. The summed E-state index contributed by atoms with van der Waals surface area (Å²) in [5.74, 6) is 0.120. The standard InChI is InChI=1S/C20H13Cl2N3O2/c1-11-16(24-18(26)14-8-7-13(21)9-15(14)22)10-17-20(23-11)27-19(25-17)12-5-3-2-4-6-12/h2-10H,1H3,(H,24,26). The fourth-order valence-corrected chi connectivity index (χ4v) is 3.14. The van der Waals surface area contributed by atoms with Crippen LogP contribution in [0.1, 0.15) is 16.1 Å². The number of benzene rings is 2. The molecule has 5 nitrogen and oxygen atoms in total. The number of oxazole rings is 1. The summed E-state index contributed by atoms with van der Waals surface area (Å²) < 4.78 is 5.74. The van der Waals surface area contributed by atoms with Gasteiger partial charge in [-0.3, -0.25) is 4.79 Å². The van der Waals surface area contributed by atoms with Crippen molar-refractivity contribution in [3.8, 4) is 11.5 Å². The second-order valence-corrected chi connectivity index (χ2v) is 6.75. The summed E-state index contributed by atoms with van der Waals surface area (Å²) in [6.07, 6.45) is 0. The topological polar surface area (TPSA) is 68.0 Å². The highest BCUT2D eigenvalue weighted by atomic mass is 35.5. The first-order valence-corrected chi connectivity index (χ1v) is 8.87. The lowest BCUT2D eigenvalue weighted by atomic mass is 10.2. The number of halogens is 2. The maximum atomic E-state index is 12.6. The number of amides is 1. The summed E-state index contributed by atoms with van der Waals surface area (Å²) in [5, 5.41) is 3.56. The molecule has 0 atom stereocenters. The highest BCUT2D eigenvalue weighted by Crippen LogP contribution is 2.27. The van der Waals surface area contributed by atoms with E-state index >= 15 is 0 Å². The molecule has 0 radical (unpaired) electrons. The minimum Gasteiger partial charge on any atom is -0.418 e. The predicted octanol–water partition coefficient (Wildman–Crippen LogP) is 5.76. The van der Waals surface area contributed by atoms with Gasteiger partial charge in [0.2, 0.25) is 11.6 Å². The van der Waals surface area contributed by atoms with Crippen LogP contribution >= 0.6 is 23.2 Å². The molecule has 0 unspecified atom stereocenters. The highest BCUT2D eigenvalue weighted by Gasteiger charge is 2.16. The quantitative estimate of drug-likeness (QED) is 0.477. The van der Waals surface area contributed by atoms with Gasteiger partial charge in [0.05, 0.1) is 22.0 Å². The van der Waals surface area contributed by atoms with Crippen molar-refractivity contribution in [2.24, 2.45) is 0 Å². The molecule has 0 aliphatic rings. The minimum atomic E-state index is -0.354. The summed E-state index contributed by atoms with van der Waals surface area (Å²) in [7, 11) is 0. The Bertz CT molecular complexity index is 1160. The molecule has 2 heterocycles. The van der Waals surface area contributed by atoms with E-state index < -0.39 is 0 Å². The van der Waals surface area contributed by atoms with Gasteiger partial charge in [0, 0.05) is 10.6 Å². The smallest absolute Gasteiger partial charge is 0.257 e. The van der Waals surface area contributed by atoms with Gasteiger partial charge in [-0.2, -0.15) is 0 Å². The van der Waals surface area contributed by atoms with Crippen LogP contribution in [0.25, 0.3) is 22.7 Å². The highest BCUT2D eigenvalue weighted by molar-refractivity contribution is 6.37. The van der Waals surface area contributed by atoms with Gasteiger partial charge >= 0.3 is 0 Å². The van der Waals surface area contributed by atoms with E-state index in [1.807, 2.05) is 30.3 Å². The molecule has 2 aromatic carbocycles. The number of carbonyl (C=O) groups is 1. The molecular weight excluding hydrogens is 385 g/mol. The number of nitrogens with one attached hydrogen (secondary N) is 1. The van der Waals surface area contributed by atoms with Crippen LogP contribution in [-0.4, -0.2) is 15.9 Å². The van der Waals surface area contributed by atoms with Crippen molar-refractivity contribution < 1.29 is 9.21 Å². The third-order valence-corrected chi connectivity index (χ3v) is 4.57. The predicted molar refractivity (Wildman–Crippen MR) is 106 cm³/mol. The Hall–Kier alpha value is -2.89. The van der Waals surface area contributed by atoms with Crippen LogP contribution in [0.3, 0.4) is 0 Å². The van der Waals surface area contributed by atoms with Crippen LogP contribution in [0.4, 0.5) is 5.69 Å². The van der Waals surface area contributed by atoms with Crippen molar-refractivity contribution in [2.75, 3.05) is 5.32 Å². The second kappa shape index (κ2) is 7.02. The van der Waals surface area contributed by atoms with Crippen LogP contribution in [0.5, 0.6) is 0 Å². The molecular formula is C20H13Cl2N3O2. The van der Waals surface area contributed by atoms with Gasteiger partial charge < -0.3 is 9.73 Å². The van der Waals surface area contributed by atoms with Crippen LogP contribution in [0, 0.1) is 6.92 Å². The number of aryl methyl sites for hydroxylation is 1. The molecule has 27 heavy (non-hydrogen) atoms. The average Bonchev–Trinajstić information content (AvgIpc) is 3.05. The normalized spacial score (nSPS) is 10.9. The molecule has 2 aromatic heterocycles. The lowest BCUT2D eigenvalue weighted by Crippen LogP contribution is -2.13. The lowest BCUT2D eigenvalue weighted by molar-refractivity contribution is 0.102. The zero-order valence-corrected chi connectivity index (χ0v) is 15.7. The number of fused-ring (bicyclic) bond motifs is 1. The number of carbonyl (C=O) groups excluding carboxylic acids is 1. The van der Waals surface area contributed by atoms with E-state index in [0.717, 1.165) is 5.56 Å². The van der Waals surface area contributed by atoms with Crippen LogP contribution in [-0.2, 0) is 0 Å². The number of hydrogen-bond donors (Lipinski definition) is 1. The van der Waals surface area contributed by atoms with Crippen molar-refractivity contribution in [3.05, 3.63) is 75.9 Å². The van der Waals surface area contributed by atoms with Gasteiger partial charge in [0.25, 0.3) is 5.91 Å². The summed E-state index contributed by atoms with van der Waals surface area (Å²) in [6, 6.07) is 16.0. The van der Waals surface area contributed by atoms with Crippen LogP contribution in [0.15, 0.2) is 59.0 Å². The molecule has 0 saturated carbocycles. The Balaban J connectivity index is 1.68. The number of pyridine rings is 1. The van der Waals surface area contributed by atoms with E-state index in [1.54, 1.807) is 25.1 Å². The van der Waals surface area contributed by atoms with E-state index in [4.69, 9.17) is 27.6 Å². The van der Waals surface area contributed by atoms with Gasteiger partial charge in [0.15, 0.2) is 0 Å². The number of rotatable bonds is 3. The number of nitrogens with zero attached hydrogens (tertiary/aromatic N) is 2. The molecule has 0 saturated heterocycles. The maximum Gasteiger partial charge on any atom is 0.257 e.